The molecule has 0 bridgehead atoms. The number of aromatic hydroxyl groups is 1. The Balaban J connectivity index is 1.76. The highest BCUT2D eigenvalue weighted by Crippen LogP contribution is 2.37. The van der Waals surface area contributed by atoms with Crippen molar-refractivity contribution in [2.75, 3.05) is 5.32 Å². The number of phenolic OH excluding ortho intramolecular Hbond substituents is 1. The predicted octanol–water partition coefficient (Wildman–Crippen LogP) is 4.88. The predicted molar refractivity (Wildman–Crippen MR) is 113 cm³/mol. The number of imidazole rings is 1. The number of carbonyl (C=O) groups excluding carboxylic acids is 1. The molecule has 28 heavy (non-hydrogen) atoms. The number of phenols is 1. The van der Waals surface area contributed by atoms with Gasteiger partial charge in [0.1, 0.15) is 5.75 Å². The summed E-state index contributed by atoms with van der Waals surface area (Å²) in [5.74, 6) is -0.0536. The van der Waals surface area contributed by atoms with Crippen LogP contribution in [0.1, 0.15) is 21.7 Å². The van der Waals surface area contributed by atoms with Crippen LogP contribution < -0.4 is 5.32 Å². The zero-order valence-corrected chi connectivity index (χ0v) is 16.2. The van der Waals surface area contributed by atoms with Gasteiger partial charge in [0, 0.05) is 27.9 Å². The third kappa shape index (κ3) is 2.61. The van der Waals surface area contributed by atoms with Crippen molar-refractivity contribution in [2.24, 2.45) is 0 Å². The van der Waals surface area contributed by atoms with Crippen molar-refractivity contribution >= 4 is 39.5 Å². The monoisotopic (exact) mass is 387 g/mol. The highest BCUT2D eigenvalue weighted by Gasteiger charge is 2.26. The smallest absolute Gasteiger partial charge is 0.256 e. The number of nitrogens with zero attached hydrogens (tertiary/aromatic N) is 2. The van der Waals surface area contributed by atoms with Crippen LogP contribution in [0.2, 0.25) is 0 Å². The van der Waals surface area contributed by atoms with E-state index in [2.05, 4.69) is 17.4 Å². The van der Waals surface area contributed by atoms with Crippen LogP contribution in [0.3, 0.4) is 0 Å². The van der Waals surface area contributed by atoms with Gasteiger partial charge in [-0.05, 0) is 38.1 Å². The fraction of sp³-hybridized carbons (Fsp3) is 0.0909. The maximum atomic E-state index is 12.6. The van der Waals surface area contributed by atoms with Gasteiger partial charge in [-0.1, -0.05) is 29.8 Å². The first-order valence-electron chi connectivity index (χ1n) is 8.91. The molecular formula is C22H17N3O2S. The third-order valence-electron chi connectivity index (χ3n) is 4.87. The van der Waals surface area contributed by atoms with Crippen LogP contribution in [-0.4, -0.2) is 20.4 Å². The number of aryl methyl sites for hydroxylation is 2. The number of fused-ring (bicyclic) bond motifs is 2. The minimum atomic E-state index is -0.183. The SMILES string of the molecule is Cc1ccc(-c2nc3sc(C)cn3c2/C=C2\C(=O)Nc3ccc(O)cc32)cc1. The van der Waals surface area contributed by atoms with Gasteiger partial charge in [0.2, 0.25) is 0 Å². The molecule has 0 fully saturated rings. The van der Waals surface area contributed by atoms with Crippen LogP contribution in [0.5, 0.6) is 5.75 Å². The molecule has 0 spiro atoms. The van der Waals surface area contributed by atoms with E-state index in [1.54, 1.807) is 29.5 Å². The highest BCUT2D eigenvalue weighted by molar-refractivity contribution is 7.17. The Hall–Kier alpha value is -3.38. The van der Waals surface area contributed by atoms with E-state index in [4.69, 9.17) is 4.98 Å². The molecule has 3 heterocycles. The van der Waals surface area contributed by atoms with Gasteiger partial charge in [-0.15, -0.1) is 11.3 Å². The number of hydrogen-bond acceptors (Lipinski definition) is 4. The van der Waals surface area contributed by atoms with Crippen LogP contribution in [0.4, 0.5) is 5.69 Å². The molecule has 4 aromatic rings. The average molecular weight is 387 g/mol. The first kappa shape index (κ1) is 16.8. The summed E-state index contributed by atoms with van der Waals surface area (Å²) >= 11 is 1.61. The number of amides is 1. The molecule has 138 valence electrons. The summed E-state index contributed by atoms with van der Waals surface area (Å²) < 4.78 is 2.02. The maximum Gasteiger partial charge on any atom is 0.256 e. The Morgan fingerprint density at radius 1 is 1.14 bits per heavy atom. The minimum Gasteiger partial charge on any atom is -0.508 e. The van der Waals surface area contributed by atoms with Crippen LogP contribution >= 0.6 is 11.3 Å². The van der Waals surface area contributed by atoms with Crippen LogP contribution in [0.15, 0.2) is 48.7 Å². The van der Waals surface area contributed by atoms with Crippen molar-refractivity contribution in [1.29, 1.82) is 0 Å². The minimum absolute atomic E-state index is 0.129. The van der Waals surface area contributed by atoms with E-state index in [0.29, 0.717) is 16.8 Å². The van der Waals surface area contributed by atoms with Crippen molar-refractivity contribution in [1.82, 2.24) is 9.38 Å². The molecule has 2 aromatic carbocycles. The van der Waals surface area contributed by atoms with Gasteiger partial charge in [-0.3, -0.25) is 9.20 Å². The Labute approximate surface area is 165 Å². The van der Waals surface area contributed by atoms with Gasteiger partial charge in [-0.25, -0.2) is 4.98 Å². The third-order valence-corrected chi connectivity index (χ3v) is 5.77. The summed E-state index contributed by atoms with van der Waals surface area (Å²) in [6.45, 7) is 4.09. The molecule has 5 nitrogen and oxygen atoms in total. The number of thiazole rings is 1. The number of anilines is 1. The van der Waals surface area contributed by atoms with E-state index in [9.17, 15) is 9.90 Å². The van der Waals surface area contributed by atoms with Gasteiger partial charge < -0.3 is 10.4 Å². The van der Waals surface area contributed by atoms with Crippen molar-refractivity contribution in [3.05, 3.63) is 70.4 Å². The molecule has 2 aromatic heterocycles. The Kier molecular flexibility index (Phi) is 3.64. The van der Waals surface area contributed by atoms with Crippen LogP contribution in [-0.2, 0) is 4.79 Å². The van der Waals surface area contributed by atoms with E-state index in [-0.39, 0.29) is 11.7 Å². The largest absolute Gasteiger partial charge is 0.508 e. The fourth-order valence-corrected chi connectivity index (χ4v) is 4.32. The van der Waals surface area contributed by atoms with E-state index >= 15 is 0 Å². The quantitative estimate of drug-likeness (QED) is 0.381. The number of carbonyl (C=O) groups is 1. The molecule has 1 aliphatic heterocycles. The van der Waals surface area contributed by atoms with E-state index < -0.39 is 0 Å². The summed E-state index contributed by atoms with van der Waals surface area (Å²) in [7, 11) is 0. The molecule has 0 saturated carbocycles. The number of rotatable bonds is 2. The Morgan fingerprint density at radius 2 is 1.93 bits per heavy atom. The van der Waals surface area contributed by atoms with Crippen molar-refractivity contribution in [2.45, 2.75) is 13.8 Å². The summed E-state index contributed by atoms with van der Waals surface area (Å²) in [6, 6.07) is 13.1. The van der Waals surface area contributed by atoms with Gasteiger partial charge in [0.05, 0.1) is 17.0 Å². The molecule has 0 atom stereocenters. The first-order valence-corrected chi connectivity index (χ1v) is 9.73. The van der Waals surface area contributed by atoms with Crippen molar-refractivity contribution in [3.8, 4) is 17.0 Å². The molecule has 0 aliphatic carbocycles. The van der Waals surface area contributed by atoms with Crippen molar-refractivity contribution in [3.63, 3.8) is 0 Å². The number of hydrogen-bond donors (Lipinski definition) is 2. The normalized spacial score (nSPS) is 14.6. The summed E-state index contributed by atoms with van der Waals surface area (Å²) in [4.78, 5) is 19.5. The summed E-state index contributed by atoms with van der Waals surface area (Å²) in [5.41, 5.74) is 5.78. The molecule has 0 unspecified atom stereocenters. The molecule has 1 aliphatic rings. The van der Waals surface area contributed by atoms with Crippen LogP contribution in [0, 0.1) is 13.8 Å². The molecular weight excluding hydrogens is 370 g/mol. The molecule has 0 saturated heterocycles. The second kappa shape index (κ2) is 6.07. The summed E-state index contributed by atoms with van der Waals surface area (Å²) in [6.07, 6.45) is 3.90. The molecule has 5 rings (SSSR count). The van der Waals surface area contributed by atoms with E-state index in [1.807, 2.05) is 42.7 Å². The summed E-state index contributed by atoms with van der Waals surface area (Å²) in [5, 5.41) is 12.7. The van der Waals surface area contributed by atoms with Gasteiger partial charge in [-0.2, -0.15) is 0 Å². The van der Waals surface area contributed by atoms with Gasteiger partial charge >= 0.3 is 0 Å². The molecule has 2 N–H and O–H groups in total. The Morgan fingerprint density at radius 3 is 2.71 bits per heavy atom. The second-order valence-corrected chi connectivity index (χ2v) is 8.16. The highest BCUT2D eigenvalue weighted by atomic mass is 32.1. The van der Waals surface area contributed by atoms with Gasteiger partial charge in [0.15, 0.2) is 4.96 Å². The topological polar surface area (TPSA) is 66.6 Å². The zero-order chi connectivity index (χ0) is 19.4. The van der Waals surface area contributed by atoms with Crippen LogP contribution in [0.25, 0.3) is 27.9 Å². The first-order chi connectivity index (χ1) is 13.5. The van der Waals surface area contributed by atoms with E-state index in [0.717, 1.165) is 26.8 Å². The lowest BCUT2D eigenvalue weighted by molar-refractivity contribution is -0.110. The second-order valence-electron chi connectivity index (χ2n) is 6.95. The standard InChI is InChI=1S/C22H17N3O2S/c1-12-3-5-14(6-4-12)20-19(25-11-13(2)28-22(25)24-20)10-17-16-9-15(26)7-8-18(16)23-21(17)27/h3-11,26H,1-2H3,(H,23,27)/b17-10-. The Bertz CT molecular complexity index is 1280. The lowest BCUT2D eigenvalue weighted by Crippen LogP contribution is -2.04. The lowest BCUT2D eigenvalue weighted by Gasteiger charge is -2.03. The maximum absolute atomic E-state index is 12.6. The average Bonchev–Trinajstić information content (AvgIpc) is 3.28. The molecule has 6 heteroatoms. The fourth-order valence-electron chi connectivity index (χ4n) is 3.49. The number of benzene rings is 2. The van der Waals surface area contributed by atoms with Crippen molar-refractivity contribution < 1.29 is 9.90 Å². The molecule has 1 amide bonds. The van der Waals surface area contributed by atoms with E-state index in [1.165, 1.54) is 5.56 Å². The lowest BCUT2D eigenvalue weighted by atomic mass is 10.0. The van der Waals surface area contributed by atoms with Gasteiger partial charge in [0.25, 0.3) is 5.91 Å². The number of aromatic nitrogens is 2. The number of nitrogens with one attached hydrogen (secondary N) is 1. The molecule has 0 radical (unpaired) electrons. The zero-order valence-electron chi connectivity index (χ0n) is 15.4.